The van der Waals surface area contributed by atoms with Gasteiger partial charge in [0, 0.05) is 50.4 Å². The summed E-state index contributed by atoms with van der Waals surface area (Å²) in [5, 5.41) is 11.5. The Hall–Kier alpha value is -2.24. The second kappa shape index (κ2) is 12.7. The number of halogens is 1. The van der Waals surface area contributed by atoms with Gasteiger partial charge in [-0.15, -0.1) is 24.0 Å². The van der Waals surface area contributed by atoms with Crippen molar-refractivity contribution in [2.75, 3.05) is 26.2 Å². The Balaban J connectivity index is 0.00000363. The Bertz CT molecular complexity index is 873. The number of rotatable bonds is 7. The summed E-state index contributed by atoms with van der Waals surface area (Å²) >= 11 is 0. The van der Waals surface area contributed by atoms with Crippen LogP contribution in [0.15, 0.2) is 27.8 Å². The van der Waals surface area contributed by atoms with E-state index >= 15 is 0 Å². The average molecular weight is 558 g/mol. The molecule has 1 saturated heterocycles. The molecule has 0 aliphatic carbocycles. The van der Waals surface area contributed by atoms with Gasteiger partial charge in [-0.2, -0.15) is 5.10 Å². The maximum Gasteiger partial charge on any atom is 0.409 e. The molecule has 10 heteroatoms. The van der Waals surface area contributed by atoms with E-state index in [0.29, 0.717) is 32.8 Å². The second-order valence-corrected chi connectivity index (χ2v) is 7.80. The lowest BCUT2D eigenvalue weighted by atomic mass is 10.1. The van der Waals surface area contributed by atoms with E-state index in [4.69, 9.17) is 14.1 Å². The third kappa shape index (κ3) is 7.14. The van der Waals surface area contributed by atoms with Gasteiger partial charge in [0.05, 0.1) is 25.1 Å². The smallest absolute Gasteiger partial charge is 0.409 e. The molecule has 1 aliphatic rings. The highest BCUT2D eigenvalue weighted by Gasteiger charge is 2.24. The van der Waals surface area contributed by atoms with Gasteiger partial charge in [0.2, 0.25) is 0 Å². The Morgan fingerprint density at radius 2 is 2.09 bits per heavy atom. The summed E-state index contributed by atoms with van der Waals surface area (Å²) in [6.45, 7) is 8.94. The number of nitrogens with zero attached hydrogens (tertiary/aromatic N) is 4. The standard InChI is InChI=1S/C22H34N6O3.HI/c1-5-30-22(29)28-12-9-18(10-13-28)25-21(23-11-8-19-7-6-14-31-19)24-15-20-16(2)26-27(4)17(20)3;/h6-7,14,18H,5,8-13,15H2,1-4H3,(H2,23,24,25);1H. The number of likely N-dealkylation sites (tertiary alicyclic amines) is 1. The largest absolute Gasteiger partial charge is 0.469 e. The van der Waals surface area contributed by atoms with E-state index in [-0.39, 0.29) is 36.1 Å². The Morgan fingerprint density at radius 1 is 1.34 bits per heavy atom. The summed E-state index contributed by atoms with van der Waals surface area (Å²) in [6.07, 6.45) is 3.94. The van der Waals surface area contributed by atoms with Crippen LogP contribution in [0.2, 0.25) is 0 Å². The third-order valence-electron chi connectivity index (χ3n) is 5.66. The minimum Gasteiger partial charge on any atom is -0.469 e. The van der Waals surface area contributed by atoms with Crippen LogP contribution in [0, 0.1) is 13.8 Å². The number of hydrogen-bond donors (Lipinski definition) is 2. The van der Waals surface area contributed by atoms with E-state index in [1.165, 1.54) is 0 Å². The lowest BCUT2D eigenvalue weighted by molar-refractivity contribution is 0.0963. The van der Waals surface area contributed by atoms with Crippen molar-refractivity contribution in [2.24, 2.45) is 12.0 Å². The van der Waals surface area contributed by atoms with Crippen molar-refractivity contribution in [3.63, 3.8) is 0 Å². The molecule has 0 aromatic carbocycles. The van der Waals surface area contributed by atoms with Gasteiger partial charge in [-0.3, -0.25) is 4.68 Å². The monoisotopic (exact) mass is 558 g/mol. The topological polar surface area (TPSA) is 96.9 Å². The van der Waals surface area contributed by atoms with Crippen molar-refractivity contribution in [3.05, 3.63) is 41.1 Å². The lowest BCUT2D eigenvalue weighted by Gasteiger charge is -2.32. The Labute approximate surface area is 207 Å². The van der Waals surface area contributed by atoms with Crippen LogP contribution in [-0.4, -0.2) is 59.0 Å². The molecule has 1 fully saturated rings. The fourth-order valence-corrected chi connectivity index (χ4v) is 3.73. The fraction of sp³-hybridized carbons (Fsp3) is 0.591. The van der Waals surface area contributed by atoms with Crippen molar-refractivity contribution < 1.29 is 13.9 Å². The van der Waals surface area contributed by atoms with Gasteiger partial charge >= 0.3 is 6.09 Å². The maximum absolute atomic E-state index is 11.9. The molecule has 1 amide bonds. The molecule has 1 aliphatic heterocycles. The molecule has 2 aromatic heterocycles. The van der Waals surface area contributed by atoms with Crippen molar-refractivity contribution >= 4 is 36.0 Å². The van der Waals surface area contributed by atoms with Crippen LogP contribution < -0.4 is 10.6 Å². The van der Waals surface area contributed by atoms with Gasteiger partial charge in [-0.1, -0.05) is 0 Å². The number of nitrogens with one attached hydrogen (secondary N) is 2. The summed E-state index contributed by atoms with van der Waals surface area (Å²) in [5.74, 6) is 1.71. The number of guanidine groups is 1. The van der Waals surface area contributed by atoms with E-state index < -0.39 is 0 Å². The highest BCUT2D eigenvalue weighted by Crippen LogP contribution is 2.14. The Kier molecular flexibility index (Phi) is 10.3. The predicted octanol–water partition coefficient (Wildman–Crippen LogP) is 3.15. The molecule has 0 atom stereocenters. The number of aliphatic imine (C=N–C) groups is 1. The molecule has 0 bridgehead atoms. The van der Waals surface area contributed by atoms with Crippen LogP contribution in [0.3, 0.4) is 0 Å². The molecule has 178 valence electrons. The first-order valence-electron chi connectivity index (χ1n) is 11.0. The second-order valence-electron chi connectivity index (χ2n) is 7.80. The predicted molar refractivity (Wildman–Crippen MR) is 134 cm³/mol. The van der Waals surface area contributed by atoms with Crippen LogP contribution in [0.1, 0.15) is 42.5 Å². The van der Waals surface area contributed by atoms with Crippen molar-refractivity contribution in [2.45, 2.75) is 52.6 Å². The number of amides is 1. The highest BCUT2D eigenvalue weighted by atomic mass is 127. The minimum atomic E-state index is -0.228. The summed E-state index contributed by atoms with van der Waals surface area (Å²) in [5.41, 5.74) is 3.27. The number of piperidine rings is 1. The molecule has 2 N–H and O–H groups in total. The molecule has 0 saturated carbocycles. The molecule has 3 rings (SSSR count). The SMILES string of the molecule is CCOC(=O)N1CCC(NC(=NCc2c(C)nn(C)c2C)NCCc2ccco2)CC1.I. The number of carbonyl (C=O) groups is 1. The molecule has 2 aromatic rings. The third-order valence-corrected chi connectivity index (χ3v) is 5.66. The molecule has 0 spiro atoms. The van der Waals surface area contributed by atoms with E-state index in [1.54, 1.807) is 11.2 Å². The maximum atomic E-state index is 11.9. The summed E-state index contributed by atoms with van der Waals surface area (Å²) in [4.78, 5) is 18.5. The fourth-order valence-electron chi connectivity index (χ4n) is 3.73. The van der Waals surface area contributed by atoms with Gasteiger partial charge in [0.1, 0.15) is 5.76 Å². The number of ether oxygens (including phenoxy) is 1. The van der Waals surface area contributed by atoms with Crippen molar-refractivity contribution in [3.8, 4) is 0 Å². The van der Waals surface area contributed by atoms with Gasteiger partial charge in [-0.25, -0.2) is 9.79 Å². The normalized spacial score (nSPS) is 14.8. The first-order chi connectivity index (χ1) is 15.0. The zero-order valence-electron chi connectivity index (χ0n) is 19.4. The molecule has 0 radical (unpaired) electrons. The van der Waals surface area contributed by atoms with E-state index in [1.807, 2.05) is 37.7 Å². The van der Waals surface area contributed by atoms with Crippen molar-refractivity contribution in [1.29, 1.82) is 0 Å². The van der Waals surface area contributed by atoms with Gasteiger partial charge < -0.3 is 24.7 Å². The number of carbonyl (C=O) groups excluding carboxylic acids is 1. The highest BCUT2D eigenvalue weighted by molar-refractivity contribution is 14.0. The van der Waals surface area contributed by atoms with Crippen LogP contribution >= 0.6 is 24.0 Å². The molecular weight excluding hydrogens is 523 g/mol. The number of aryl methyl sites for hydroxylation is 2. The minimum absolute atomic E-state index is 0. The van der Waals surface area contributed by atoms with Gasteiger partial charge in [0.15, 0.2) is 5.96 Å². The van der Waals surface area contributed by atoms with E-state index in [9.17, 15) is 4.79 Å². The first kappa shape index (κ1) is 26.0. The van der Waals surface area contributed by atoms with Crippen LogP contribution in [0.5, 0.6) is 0 Å². The number of aromatic nitrogens is 2. The van der Waals surface area contributed by atoms with Gasteiger partial charge in [0.25, 0.3) is 0 Å². The quantitative estimate of drug-likeness (QED) is 0.308. The molecular formula is C22H35IN6O3. The zero-order chi connectivity index (χ0) is 22.2. The summed E-state index contributed by atoms with van der Waals surface area (Å²) in [6, 6.07) is 4.12. The number of hydrogen-bond acceptors (Lipinski definition) is 5. The molecule has 0 unspecified atom stereocenters. The van der Waals surface area contributed by atoms with Crippen LogP contribution in [0.4, 0.5) is 4.79 Å². The average Bonchev–Trinajstić information content (AvgIpc) is 3.35. The van der Waals surface area contributed by atoms with Crippen molar-refractivity contribution in [1.82, 2.24) is 25.3 Å². The lowest BCUT2D eigenvalue weighted by Crippen LogP contribution is -2.50. The first-order valence-corrected chi connectivity index (χ1v) is 11.0. The Morgan fingerprint density at radius 3 is 2.69 bits per heavy atom. The zero-order valence-corrected chi connectivity index (χ0v) is 21.7. The van der Waals surface area contributed by atoms with Crippen LogP contribution in [0.25, 0.3) is 0 Å². The molecule has 9 nitrogen and oxygen atoms in total. The van der Waals surface area contributed by atoms with Crippen LogP contribution in [-0.2, 0) is 24.8 Å². The molecule has 32 heavy (non-hydrogen) atoms. The molecule has 3 heterocycles. The summed E-state index contributed by atoms with van der Waals surface area (Å²) < 4.78 is 12.4. The van der Waals surface area contributed by atoms with Gasteiger partial charge in [-0.05, 0) is 45.7 Å². The summed E-state index contributed by atoms with van der Waals surface area (Å²) in [7, 11) is 1.95. The number of furan rings is 1. The van der Waals surface area contributed by atoms with E-state index in [2.05, 4.69) is 22.7 Å². The van der Waals surface area contributed by atoms with E-state index in [0.717, 1.165) is 47.9 Å².